The monoisotopic (exact) mass is 971 g/mol. The van der Waals surface area contributed by atoms with Crippen molar-refractivity contribution >= 4 is 35.7 Å². The molecule has 2 fully saturated rings. The largest absolute Gasteiger partial charge is 0.463 e. The van der Waals surface area contributed by atoms with Gasteiger partial charge in [-0.15, -0.1) is 0 Å². The minimum atomic E-state index is -1.88. The number of benzene rings is 5. The van der Waals surface area contributed by atoms with Gasteiger partial charge >= 0.3 is 23.9 Å². The topological polar surface area (TPSA) is 198 Å². The Morgan fingerprint density at radius 2 is 0.915 bits per heavy atom. The highest BCUT2D eigenvalue weighted by molar-refractivity contribution is 6.21. The summed E-state index contributed by atoms with van der Waals surface area (Å²) in [4.78, 5) is 83.0. The molecule has 3 heterocycles. The zero-order valence-electron chi connectivity index (χ0n) is 39.1. The molecule has 2 amide bonds. The van der Waals surface area contributed by atoms with Gasteiger partial charge in [0.25, 0.3) is 11.8 Å². The molecular formula is C54H53NO16. The van der Waals surface area contributed by atoms with Crippen molar-refractivity contribution in [2.75, 3.05) is 6.61 Å². The van der Waals surface area contributed by atoms with E-state index in [2.05, 4.69) is 0 Å². The van der Waals surface area contributed by atoms with Gasteiger partial charge in [-0.1, -0.05) is 133 Å². The molecule has 0 N–H and O–H groups in total. The molecule has 3 aliphatic heterocycles. The first-order chi connectivity index (χ1) is 34.4. The highest BCUT2D eigenvalue weighted by Crippen LogP contribution is 2.39. The highest BCUT2D eigenvalue weighted by Gasteiger charge is 2.60. The predicted molar refractivity (Wildman–Crippen MR) is 248 cm³/mol. The Kier molecular flexibility index (Phi) is 16.8. The molecule has 0 saturated carbocycles. The first-order valence-electron chi connectivity index (χ1n) is 23.0. The Morgan fingerprint density at radius 3 is 1.41 bits per heavy atom. The summed E-state index contributed by atoms with van der Waals surface area (Å²) in [6.07, 6.45) is -13.9. The van der Waals surface area contributed by atoms with Crippen LogP contribution in [-0.2, 0) is 93.0 Å². The molecule has 8 rings (SSSR count). The Balaban J connectivity index is 1.27. The van der Waals surface area contributed by atoms with E-state index in [0.29, 0.717) is 5.56 Å². The van der Waals surface area contributed by atoms with E-state index in [1.54, 1.807) is 36.4 Å². The van der Waals surface area contributed by atoms with Crippen molar-refractivity contribution in [1.82, 2.24) is 4.90 Å². The van der Waals surface area contributed by atoms with Crippen molar-refractivity contribution in [1.29, 1.82) is 0 Å². The maximum Gasteiger partial charge on any atom is 0.338 e. The van der Waals surface area contributed by atoms with Crippen LogP contribution in [0, 0.1) is 0 Å². The van der Waals surface area contributed by atoms with Crippen LogP contribution >= 0.6 is 0 Å². The Hall–Kier alpha value is -7.12. The molecule has 71 heavy (non-hydrogen) atoms. The Labute approximate surface area is 409 Å². The van der Waals surface area contributed by atoms with E-state index in [4.69, 9.17) is 47.4 Å². The molecule has 1 unspecified atom stereocenters. The van der Waals surface area contributed by atoms with Crippen molar-refractivity contribution < 1.29 is 76.1 Å². The summed E-state index contributed by atoms with van der Waals surface area (Å²) in [6, 6.07) is 41.0. The number of fused-ring (bicyclic) bond motifs is 1. The van der Waals surface area contributed by atoms with Gasteiger partial charge in [0, 0.05) is 20.8 Å². The third-order valence-electron chi connectivity index (χ3n) is 11.9. The SMILES string of the molecule is CC(=O)OC[C@H]1O[C@@H](O[C@H]2[C@H](OCc3ccccc3)[C@@H](OCc3ccccc3)C(OCc3ccccc3)O[C@@H]2C(=O)OCc2ccccc2)[C@H](N2C(=O)c3ccccc3C2=O)[C@@H](OC(C)=O)[C@H]1OC(C)=O. The average Bonchev–Trinajstić information content (AvgIpc) is 3.62. The number of rotatable bonds is 19. The maximum atomic E-state index is 14.8. The second-order valence-electron chi connectivity index (χ2n) is 16.9. The van der Waals surface area contributed by atoms with E-state index >= 15 is 0 Å². The Bertz CT molecular complexity index is 2580. The van der Waals surface area contributed by atoms with Crippen molar-refractivity contribution in [3.05, 3.63) is 179 Å². The van der Waals surface area contributed by atoms with Crippen LogP contribution in [0.1, 0.15) is 63.7 Å². The van der Waals surface area contributed by atoms with Crippen LogP contribution < -0.4 is 0 Å². The molecule has 5 aromatic rings. The average molecular weight is 972 g/mol. The van der Waals surface area contributed by atoms with Crippen LogP contribution in [0.15, 0.2) is 146 Å². The van der Waals surface area contributed by atoms with Gasteiger partial charge in [0.1, 0.15) is 43.7 Å². The summed E-state index contributed by atoms with van der Waals surface area (Å²) >= 11 is 0. The van der Waals surface area contributed by atoms with Gasteiger partial charge in [-0.25, -0.2) is 4.79 Å². The molecule has 17 nitrogen and oxygen atoms in total. The fraction of sp³-hybridized carbons (Fsp3) is 0.333. The molecule has 3 aliphatic rings. The minimum Gasteiger partial charge on any atom is -0.463 e. The van der Waals surface area contributed by atoms with Crippen LogP contribution in [0.4, 0.5) is 0 Å². The van der Waals surface area contributed by atoms with E-state index in [9.17, 15) is 28.8 Å². The lowest BCUT2D eigenvalue weighted by Crippen LogP contribution is -2.70. The molecule has 0 aliphatic carbocycles. The number of amides is 2. The molecule has 10 atom stereocenters. The van der Waals surface area contributed by atoms with Crippen molar-refractivity contribution in [3.8, 4) is 0 Å². The van der Waals surface area contributed by atoms with Crippen LogP contribution in [-0.4, -0.2) is 109 Å². The van der Waals surface area contributed by atoms with Gasteiger partial charge in [0.15, 0.2) is 30.9 Å². The number of carbonyl (C=O) groups is 6. The number of carbonyl (C=O) groups excluding carboxylic acids is 6. The zero-order valence-corrected chi connectivity index (χ0v) is 39.1. The van der Waals surface area contributed by atoms with Gasteiger partial charge in [-0.2, -0.15) is 0 Å². The molecule has 5 aromatic carbocycles. The van der Waals surface area contributed by atoms with E-state index in [-0.39, 0.29) is 37.6 Å². The summed E-state index contributed by atoms with van der Waals surface area (Å²) in [5.74, 6) is -5.07. The number of ether oxygens (including phenoxy) is 10. The molecule has 2 saturated heterocycles. The molecular weight excluding hydrogens is 919 g/mol. The van der Waals surface area contributed by atoms with E-state index in [1.165, 1.54) is 12.1 Å². The fourth-order valence-electron chi connectivity index (χ4n) is 8.65. The smallest absolute Gasteiger partial charge is 0.338 e. The molecule has 0 bridgehead atoms. The zero-order chi connectivity index (χ0) is 49.9. The molecule has 0 radical (unpaired) electrons. The molecule has 17 heteroatoms. The summed E-state index contributed by atoms with van der Waals surface area (Å²) in [5.41, 5.74) is 2.96. The van der Waals surface area contributed by atoms with Gasteiger partial charge in [0.05, 0.1) is 30.9 Å². The van der Waals surface area contributed by atoms with Crippen LogP contribution in [0.25, 0.3) is 0 Å². The number of hydrogen-bond donors (Lipinski definition) is 0. The van der Waals surface area contributed by atoms with E-state index in [1.807, 2.05) is 97.1 Å². The van der Waals surface area contributed by atoms with E-state index < -0.39 is 104 Å². The quantitative estimate of drug-likeness (QED) is 0.0527. The third-order valence-corrected chi connectivity index (χ3v) is 11.9. The first kappa shape index (κ1) is 50.3. The third kappa shape index (κ3) is 12.4. The minimum absolute atomic E-state index is 0.00173. The van der Waals surface area contributed by atoms with Gasteiger partial charge in [0.2, 0.25) is 0 Å². The maximum absolute atomic E-state index is 14.8. The second-order valence-corrected chi connectivity index (χ2v) is 16.9. The molecule has 370 valence electrons. The van der Waals surface area contributed by atoms with Crippen LogP contribution in [0.2, 0.25) is 0 Å². The summed E-state index contributed by atoms with van der Waals surface area (Å²) in [7, 11) is 0. The van der Waals surface area contributed by atoms with Crippen molar-refractivity contribution in [2.45, 2.75) is 109 Å². The second kappa shape index (κ2) is 23.7. The lowest BCUT2D eigenvalue weighted by atomic mass is 9.93. The van der Waals surface area contributed by atoms with Crippen LogP contribution in [0.5, 0.6) is 0 Å². The number of hydrogen-bond acceptors (Lipinski definition) is 16. The lowest BCUT2D eigenvalue weighted by molar-refractivity contribution is -0.356. The predicted octanol–water partition coefficient (Wildman–Crippen LogP) is 6.04. The fourth-order valence-corrected chi connectivity index (χ4v) is 8.65. The lowest BCUT2D eigenvalue weighted by Gasteiger charge is -2.50. The highest BCUT2D eigenvalue weighted by atomic mass is 16.8. The van der Waals surface area contributed by atoms with Crippen molar-refractivity contribution in [3.63, 3.8) is 0 Å². The normalized spacial score (nSPS) is 24.9. The summed E-state index contributed by atoms with van der Waals surface area (Å²) < 4.78 is 63.3. The van der Waals surface area contributed by atoms with Crippen LogP contribution in [0.3, 0.4) is 0 Å². The van der Waals surface area contributed by atoms with E-state index in [0.717, 1.165) is 42.4 Å². The molecule has 0 aromatic heterocycles. The Morgan fingerprint density at radius 1 is 0.465 bits per heavy atom. The number of esters is 4. The number of imide groups is 1. The van der Waals surface area contributed by atoms with Crippen molar-refractivity contribution in [2.24, 2.45) is 0 Å². The van der Waals surface area contributed by atoms with Gasteiger partial charge in [-0.05, 0) is 34.4 Å². The number of nitrogens with zero attached hydrogens (tertiary/aromatic N) is 1. The van der Waals surface area contributed by atoms with Gasteiger partial charge in [-0.3, -0.25) is 28.9 Å². The molecule has 0 spiro atoms. The summed E-state index contributed by atoms with van der Waals surface area (Å²) in [6.45, 7) is 2.49. The van der Waals surface area contributed by atoms with Gasteiger partial charge < -0.3 is 47.4 Å². The summed E-state index contributed by atoms with van der Waals surface area (Å²) in [5, 5.41) is 0. The first-order valence-corrected chi connectivity index (χ1v) is 23.0. The standard InChI is InChI=1S/C54H53NO16/c1-33(56)62-32-42-44(67-34(2)57)45(68-35(3)58)43(55-50(59)40-26-16-17-27-41(40)51(55)60)53(69-42)70-47-46(63-28-36-18-8-4-9-19-36)49(64-29-37-20-10-5-11-21-37)54(66-31-39-24-14-7-15-25-39)71-48(47)52(61)65-30-38-22-12-6-13-23-38/h4-27,42-49,53-54H,28-32H2,1-3H3/t42-,43-,44+,45-,46+,47+,48+,49-,53+,54?/m1/s1.